The number of nitrogens with one attached hydrogen (secondary N) is 1. The third kappa shape index (κ3) is 3.10. The zero-order chi connectivity index (χ0) is 17.3. The molecule has 0 bridgehead atoms. The second kappa shape index (κ2) is 7.03. The van der Waals surface area contributed by atoms with Crippen LogP contribution in [-0.4, -0.2) is 24.0 Å². The van der Waals surface area contributed by atoms with Gasteiger partial charge < -0.3 is 10.1 Å². The Kier molecular flexibility index (Phi) is 5.01. The quantitative estimate of drug-likeness (QED) is 0.833. The Morgan fingerprint density at radius 2 is 2.00 bits per heavy atom. The largest absolute Gasteiger partial charge is 0.465 e. The molecule has 2 heterocycles. The van der Waals surface area contributed by atoms with Gasteiger partial charge in [0, 0.05) is 4.88 Å². The first-order chi connectivity index (χ1) is 11.5. The molecule has 0 spiro atoms. The number of thiazole rings is 1. The van der Waals surface area contributed by atoms with E-state index in [-0.39, 0.29) is 11.9 Å². The Morgan fingerprint density at radius 1 is 1.25 bits per heavy atom. The number of esters is 1. The second-order valence-electron chi connectivity index (χ2n) is 5.74. The van der Waals surface area contributed by atoms with Crippen LogP contribution in [0.1, 0.15) is 60.9 Å². The monoisotopic (exact) mass is 364 g/mol. The van der Waals surface area contributed by atoms with Crippen molar-refractivity contribution in [1.29, 1.82) is 0 Å². The minimum Gasteiger partial charge on any atom is -0.465 e. The maximum Gasteiger partial charge on any atom is 0.341 e. The predicted molar refractivity (Wildman–Crippen MR) is 96.5 cm³/mol. The topological polar surface area (TPSA) is 68.3 Å². The maximum atomic E-state index is 12.7. The fourth-order valence-corrected chi connectivity index (χ4v) is 5.12. The number of thiophene rings is 1. The van der Waals surface area contributed by atoms with Crippen molar-refractivity contribution in [3.05, 3.63) is 31.6 Å². The van der Waals surface area contributed by atoms with Crippen LogP contribution in [0.15, 0.2) is 0 Å². The third-order valence-electron chi connectivity index (χ3n) is 4.14. The number of hydrogen-bond acceptors (Lipinski definition) is 6. The lowest BCUT2D eigenvalue weighted by Crippen LogP contribution is -2.15. The van der Waals surface area contributed by atoms with Crippen molar-refractivity contribution in [3.63, 3.8) is 0 Å². The lowest BCUT2D eigenvalue weighted by molar-refractivity contribution is 0.0601. The molecule has 5 nitrogen and oxygen atoms in total. The number of anilines is 1. The van der Waals surface area contributed by atoms with Gasteiger partial charge >= 0.3 is 5.97 Å². The zero-order valence-electron chi connectivity index (χ0n) is 14.0. The summed E-state index contributed by atoms with van der Waals surface area (Å²) >= 11 is 2.91. The number of fused-ring (bicyclic) bond motifs is 1. The summed E-state index contributed by atoms with van der Waals surface area (Å²) in [5, 5.41) is 4.47. The van der Waals surface area contributed by atoms with Crippen molar-refractivity contribution in [2.24, 2.45) is 0 Å². The van der Waals surface area contributed by atoms with E-state index < -0.39 is 0 Å². The van der Waals surface area contributed by atoms with Gasteiger partial charge in [0.15, 0.2) is 0 Å². The van der Waals surface area contributed by atoms with Crippen LogP contribution in [0.2, 0.25) is 0 Å². The fourth-order valence-electron chi connectivity index (χ4n) is 2.95. The van der Waals surface area contributed by atoms with Crippen LogP contribution in [0.4, 0.5) is 5.00 Å². The zero-order valence-corrected chi connectivity index (χ0v) is 15.7. The molecule has 1 aliphatic carbocycles. The van der Waals surface area contributed by atoms with E-state index in [9.17, 15) is 9.59 Å². The van der Waals surface area contributed by atoms with E-state index in [0.717, 1.165) is 48.4 Å². The molecule has 3 rings (SSSR count). The fraction of sp³-hybridized carbons (Fsp3) is 0.471. The summed E-state index contributed by atoms with van der Waals surface area (Å²) in [4.78, 5) is 31.1. The van der Waals surface area contributed by atoms with E-state index in [1.807, 2.05) is 13.8 Å². The molecular formula is C17H20N2O3S2. The van der Waals surface area contributed by atoms with Crippen LogP contribution in [0.5, 0.6) is 0 Å². The Balaban J connectivity index is 1.94. The van der Waals surface area contributed by atoms with Crippen LogP contribution in [0, 0.1) is 6.92 Å². The first kappa shape index (κ1) is 17.1. The van der Waals surface area contributed by atoms with Crippen molar-refractivity contribution < 1.29 is 14.3 Å². The van der Waals surface area contributed by atoms with E-state index in [0.29, 0.717) is 15.4 Å². The highest BCUT2D eigenvalue weighted by molar-refractivity contribution is 7.17. The molecule has 0 saturated carbocycles. The second-order valence-corrected chi connectivity index (χ2v) is 7.93. The number of rotatable bonds is 4. The Morgan fingerprint density at radius 3 is 2.67 bits per heavy atom. The highest BCUT2D eigenvalue weighted by atomic mass is 32.1. The molecule has 7 heteroatoms. The molecule has 0 fully saturated rings. The van der Waals surface area contributed by atoms with E-state index in [2.05, 4.69) is 10.3 Å². The lowest BCUT2D eigenvalue weighted by Gasteiger charge is -2.11. The van der Waals surface area contributed by atoms with Gasteiger partial charge in [0.05, 0.1) is 23.4 Å². The van der Waals surface area contributed by atoms with Crippen LogP contribution < -0.4 is 5.32 Å². The molecular weight excluding hydrogens is 344 g/mol. The third-order valence-corrected chi connectivity index (χ3v) is 6.65. The number of hydrogen-bond donors (Lipinski definition) is 1. The molecule has 2 aromatic heterocycles. The normalized spacial score (nSPS) is 13.5. The summed E-state index contributed by atoms with van der Waals surface area (Å²) in [6.45, 7) is 3.86. The summed E-state index contributed by atoms with van der Waals surface area (Å²) in [5.41, 5.74) is 2.31. The molecule has 1 N–H and O–H groups in total. The van der Waals surface area contributed by atoms with E-state index in [4.69, 9.17) is 4.74 Å². The van der Waals surface area contributed by atoms with Crippen LogP contribution >= 0.6 is 22.7 Å². The molecule has 0 unspecified atom stereocenters. The van der Waals surface area contributed by atoms with Crippen molar-refractivity contribution >= 4 is 39.6 Å². The number of ether oxygens (including phenoxy) is 1. The highest BCUT2D eigenvalue weighted by Gasteiger charge is 2.27. The molecule has 0 aliphatic heterocycles. The summed E-state index contributed by atoms with van der Waals surface area (Å²) in [5.74, 6) is -0.576. The van der Waals surface area contributed by atoms with E-state index in [1.165, 1.54) is 34.7 Å². The van der Waals surface area contributed by atoms with Gasteiger partial charge in [0.1, 0.15) is 9.88 Å². The summed E-state index contributed by atoms with van der Waals surface area (Å²) < 4.78 is 4.94. The molecule has 0 saturated heterocycles. The number of methoxy groups -OCH3 is 1. The van der Waals surface area contributed by atoms with Crippen molar-refractivity contribution in [2.45, 2.75) is 46.0 Å². The van der Waals surface area contributed by atoms with Gasteiger partial charge in [-0.05, 0) is 44.6 Å². The Hall–Kier alpha value is -1.73. The summed E-state index contributed by atoms with van der Waals surface area (Å²) in [7, 11) is 1.38. The van der Waals surface area contributed by atoms with E-state index >= 15 is 0 Å². The standard InChI is InChI=1S/C17H20N2O3S2/c1-4-12-18-9(2)14(24-12)15(20)19-16-13(17(21)22-3)10-7-5-6-8-11(10)23-16/h4-8H2,1-3H3,(H,19,20). The number of aryl methyl sites for hydroxylation is 3. The molecule has 24 heavy (non-hydrogen) atoms. The first-order valence-electron chi connectivity index (χ1n) is 8.05. The Bertz CT molecular complexity index is 792. The molecule has 0 radical (unpaired) electrons. The number of carbonyl (C=O) groups excluding carboxylic acids is 2. The van der Waals surface area contributed by atoms with Crippen molar-refractivity contribution in [1.82, 2.24) is 4.98 Å². The number of aromatic nitrogens is 1. The van der Waals surface area contributed by atoms with Gasteiger partial charge in [-0.15, -0.1) is 22.7 Å². The molecule has 1 aliphatic rings. The summed E-state index contributed by atoms with van der Waals surface area (Å²) in [6, 6.07) is 0. The first-order valence-corrected chi connectivity index (χ1v) is 9.69. The smallest absolute Gasteiger partial charge is 0.341 e. The van der Waals surface area contributed by atoms with Crippen LogP contribution in [0.3, 0.4) is 0 Å². The van der Waals surface area contributed by atoms with Gasteiger partial charge in [0.2, 0.25) is 0 Å². The number of nitrogens with zero attached hydrogens (tertiary/aromatic N) is 1. The minimum atomic E-state index is -0.375. The average Bonchev–Trinajstić information content (AvgIpc) is 3.14. The van der Waals surface area contributed by atoms with Gasteiger partial charge in [-0.3, -0.25) is 4.79 Å². The van der Waals surface area contributed by atoms with E-state index in [1.54, 1.807) is 0 Å². The van der Waals surface area contributed by atoms with Crippen molar-refractivity contribution in [3.8, 4) is 0 Å². The average molecular weight is 364 g/mol. The van der Waals surface area contributed by atoms with Crippen molar-refractivity contribution in [2.75, 3.05) is 12.4 Å². The van der Waals surface area contributed by atoms with Gasteiger partial charge in [-0.2, -0.15) is 0 Å². The maximum absolute atomic E-state index is 12.7. The molecule has 0 aromatic carbocycles. The van der Waals surface area contributed by atoms with Crippen LogP contribution in [0.25, 0.3) is 0 Å². The number of amides is 1. The van der Waals surface area contributed by atoms with Crippen LogP contribution in [-0.2, 0) is 24.0 Å². The molecule has 2 aromatic rings. The highest BCUT2D eigenvalue weighted by Crippen LogP contribution is 2.39. The van der Waals surface area contributed by atoms with Gasteiger partial charge in [0.25, 0.3) is 5.91 Å². The van der Waals surface area contributed by atoms with Gasteiger partial charge in [-0.1, -0.05) is 6.92 Å². The lowest BCUT2D eigenvalue weighted by atomic mass is 9.95. The Labute approximate surface area is 149 Å². The molecule has 1 amide bonds. The minimum absolute atomic E-state index is 0.201. The molecule has 128 valence electrons. The number of carbonyl (C=O) groups is 2. The van der Waals surface area contributed by atoms with Gasteiger partial charge in [-0.25, -0.2) is 9.78 Å². The molecule has 0 atom stereocenters. The summed E-state index contributed by atoms with van der Waals surface area (Å²) in [6.07, 6.45) is 4.81. The SMILES string of the molecule is CCc1nc(C)c(C(=O)Nc2sc3c(c2C(=O)OC)CCCC3)s1. The predicted octanol–water partition coefficient (Wildman–Crippen LogP) is 3.99.